The van der Waals surface area contributed by atoms with Gasteiger partial charge in [-0.3, -0.25) is 0 Å². The van der Waals surface area contributed by atoms with E-state index in [0.717, 1.165) is 28.2 Å². The third kappa shape index (κ3) is 4.14. The quantitative estimate of drug-likeness (QED) is 0.635. The number of imidazole rings is 1. The van der Waals surface area contributed by atoms with Gasteiger partial charge in [0.1, 0.15) is 11.6 Å². The first kappa shape index (κ1) is 17.8. The van der Waals surface area contributed by atoms with Crippen LogP contribution in [0, 0.1) is 6.92 Å². The van der Waals surface area contributed by atoms with E-state index in [0.29, 0.717) is 13.0 Å². The molecule has 2 aromatic carbocycles. The molecule has 0 aliphatic rings. The third-order valence-electron chi connectivity index (χ3n) is 4.28. The number of aromatic amines is 1. The SMILES string of the molecule is COc1ccc(C)cc1CCNC(=O)NC(C)c1nc2ccccc2[nH]1. The highest BCUT2D eigenvalue weighted by Gasteiger charge is 2.13. The molecule has 0 bridgehead atoms. The van der Waals surface area contributed by atoms with Crippen molar-refractivity contribution in [3.05, 3.63) is 59.4 Å². The minimum Gasteiger partial charge on any atom is -0.496 e. The lowest BCUT2D eigenvalue weighted by atomic mass is 10.1. The first-order valence-electron chi connectivity index (χ1n) is 8.69. The predicted octanol–water partition coefficient (Wildman–Crippen LogP) is 3.48. The van der Waals surface area contributed by atoms with Crippen molar-refractivity contribution in [2.45, 2.75) is 26.3 Å². The van der Waals surface area contributed by atoms with Crippen molar-refractivity contribution in [2.75, 3.05) is 13.7 Å². The van der Waals surface area contributed by atoms with Crippen molar-refractivity contribution >= 4 is 17.1 Å². The standard InChI is InChI=1S/C20H24N4O2/c1-13-8-9-18(26-3)15(12-13)10-11-21-20(25)22-14(2)19-23-16-6-4-5-7-17(16)24-19/h4-9,12,14H,10-11H2,1-3H3,(H,23,24)(H2,21,22,25). The zero-order valence-electron chi connectivity index (χ0n) is 15.3. The van der Waals surface area contributed by atoms with Crippen molar-refractivity contribution in [3.8, 4) is 5.75 Å². The first-order valence-corrected chi connectivity index (χ1v) is 8.69. The molecule has 0 fully saturated rings. The van der Waals surface area contributed by atoms with E-state index in [1.54, 1.807) is 7.11 Å². The first-order chi connectivity index (χ1) is 12.6. The molecule has 0 spiro atoms. The molecule has 3 N–H and O–H groups in total. The summed E-state index contributed by atoms with van der Waals surface area (Å²) in [6.45, 7) is 4.47. The maximum Gasteiger partial charge on any atom is 0.315 e. The minimum absolute atomic E-state index is 0.212. The molecule has 1 heterocycles. The van der Waals surface area contributed by atoms with E-state index in [1.807, 2.05) is 50.2 Å². The highest BCUT2D eigenvalue weighted by molar-refractivity contribution is 5.76. The van der Waals surface area contributed by atoms with Gasteiger partial charge in [0.15, 0.2) is 0 Å². The Balaban J connectivity index is 1.53. The summed E-state index contributed by atoms with van der Waals surface area (Å²) in [5.41, 5.74) is 4.10. The summed E-state index contributed by atoms with van der Waals surface area (Å²) in [4.78, 5) is 19.9. The number of nitrogens with one attached hydrogen (secondary N) is 3. The smallest absolute Gasteiger partial charge is 0.315 e. The van der Waals surface area contributed by atoms with E-state index in [4.69, 9.17) is 4.74 Å². The van der Waals surface area contributed by atoms with E-state index in [-0.39, 0.29) is 12.1 Å². The van der Waals surface area contributed by atoms with Crippen molar-refractivity contribution in [1.29, 1.82) is 0 Å². The maximum atomic E-state index is 12.2. The van der Waals surface area contributed by atoms with E-state index in [1.165, 1.54) is 5.56 Å². The Morgan fingerprint density at radius 1 is 1.27 bits per heavy atom. The molecule has 0 aliphatic carbocycles. The Hall–Kier alpha value is -3.02. The molecule has 1 unspecified atom stereocenters. The second-order valence-electron chi connectivity index (χ2n) is 6.33. The molecule has 2 amide bonds. The summed E-state index contributed by atoms with van der Waals surface area (Å²) in [6.07, 6.45) is 0.706. The van der Waals surface area contributed by atoms with Crippen LogP contribution in [0.4, 0.5) is 4.79 Å². The van der Waals surface area contributed by atoms with Gasteiger partial charge < -0.3 is 20.4 Å². The third-order valence-corrected chi connectivity index (χ3v) is 4.28. The zero-order chi connectivity index (χ0) is 18.5. The molecule has 6 heteroatoms. The van der Waals surface area contributed by atoms with Crippen LogP contribution < -0.4 is 15.4 Å². The van der Waals surface area contributed by atoms with Crippen LogP contribution in [0.3, 0.4) is 0 Å². The van der Waals surface area contributed by atoms with Gasteiger partial charge in [-0.25, -0.2) is 9.78 Å². The zero-order valence-corrected chi connectivity index (χ0v) is 15.3. The molecule has 1 aromatic heterocycles. The van der Waals surface area contributed by atoms with Crippen molar-refractivity contribution in [2.24, 2.45) is 0 Å². The molecule has 136 valence electrons. The van der Waals surface area contributed by atoms with Crippen molar-refractivity contribution in [1.82, 2.24) is 20.6 Å². The van der Waals surface area contributed by atoms with E-state index >= 15 is 0 Å². The lowest BCUT2D eigenvalue weighted by Gasteiger charge is -2.13. The van der Waals surface area contributed by atoms with Gasteiger partial charge in [-0.2, -0.15) is 0 Å². The van der Waals surface area contributed by atoms with Crippen LogP contribution in [0.2, 0.25) is 0 Å². The van der Waals surface area contributed by atoms with Gasteiger partial charge in [-0.1, -0.05) is 29.8 Å². The number of para-hydroxylation sites is 2. The van der Waals surface area contributed by atoms with Gasteiger partial charge in [0.05, 0.1) is 24.2 Å². The second kappa shape index (κ2) is 7.91. The van der Waals surface area contributed by atoms with Crippen LogP contribution in [-0.4, -0.2) is 29.7 Å². The number of amides is 2. The van der Waals surface area contributed by atoms with Crippen LogP contribution in [-0.2, 0) is 6.42 Å². The number of urea groups is 1. The number of fused-ring (bicyclic) bond motifs is 1. The predicted molar refractivity (Wildman–Crippen MR) is 102 cm³/mol. The number of methoxy groups -OCH3 is 1. The Kier molecular flexibility index (Phi) is 5.41. The molecule has 1 atom stereocenters. The number of hydrogen-bond acceptors (Lipinski definition) is 3. The molecule has 26 heavy (non-hydrogen) atoms. The lowest BCUT2D eigenvalue weighted by molar-refractivity contribution is 0.237. The molecule has 3 aromatic rings. The Labute approximate surface area is 153 Å². The molecule has 0 radical (unpaired) electrons. The van der Waals surface area contributed by atoms with Crippen LogP contribution in [0.25, 0.3) is 11.0 Å². The normalized spacial score (nSPS) is 12.0. The summed E-state index contributed by atoms with van der Waals surface area (Å²) in [5, 5.41) is 5.80. The topological polar surface area (TPSA) is 79.0 Å². The van der Waals surface area contributed by atoms with Gasteiger partial charge in [-0.05, 0) is 44.0 Å². The van der Waals surface area contributed by atoms with Gasteiger partial charge >= 0.3 is 6.03 Å². The molecule has 0 saturated carbocycles. The van der Waals surface area contributed by atoms with Gasteiger partial charge in [0.2, 0.25) is 0 Å². The Morgan fingerprint density at radius 2 is 2.08 bits per heavy atom. The number of carbonyl (C=O) groups is 1. The molecule has 0 aliphatic heterocycles. The highest BCUT2D eigenvalue weighted by atomic mass is 16.5. The summed E-state index contributed by atoms with van der Waals surface area (Å²) >= 11 is 0. The lowest BCUT2D eigenvalue weighted by Crippen LogP contribution is -2.38. The summed E-state index contributed by atoms with van der Waals surface area (Å²) < 4.78 is 5.37. The van der Waals surface area contributed by atoms with Gasteiger partial charge in [0.25, 0.3) is 0 Å². The van der Waals surface area contributed by atoms with Gasteiger partial charge in [0, 0.05) is 6.54 Å². The average molecular weight is 352 g/mol. The fourth-order valence-electron chi connectivity index (χ4n) is 2.91. The van der Waals surface area contributed by atoms with Crippen LogP contribution in [0.5, 0.6) is 5.75 Å². The van der Waals surface area contributed by atoms with Crippen molar-refractivity contribution < 1.29 is 9.53 Å². The van der Waals surface area contributed by atoms with E-state index in [2.05, 4.69) is 26.7 Å². The number of nitrogens with zero attached hydrogens (tertiary/aromatic N) is 1. The minimum atomic E-state index is -0.218. The monoisotopic (exact) mass is 352 g/mol. The summed E-state index contributed by atoms with van der Waals surface area (Å²) in [7, 11) is 1.66. The van der Waals surface area contributed by atoms with E-state index in [9.17, 15) is 4.79 Å². The average Bonchev–Trinajstić information content (AvgIpc) is 3.06. The number of H-pyrrole nitrogens is 1. The second-order valence-corrected chi connectivity index (χ2v) is 6.33. The molecule has 6 nitrogen and oxygen atoms in total. The Bertz CT molecular complexity index is 871. The number of benzene rings is 2. The number of carbonyl (C=O) groups excluding carboxylic acids is 1. The fraction of sp³-hybridized carbons (Fsp3) is 0.300. The Morgan fingerprint density at radius 3 is 2.85 bits per heavy atom. The highest BCUT2D eigenvalue weighted by Crippen LogP contribution is 2.20. The fourth-order valence-corrected chi connectivity index (χ4v) is 2.91. The number of hydrogen-bond donors (Lipinski definition) is 3. The summed E-state index contributed by atoms with van der Waals surface area (Å²) in [5.74, 6) is 1.58. The number of aryl methyl sites for hydroxylation is 1. The molecule has 3 rings (SSSR count). The van der Waals surface area contributed by atoms with E-state index < -0.39 is 0 Å². The maximum absolute atomic E-state index is 12.2. The largest absolute Gasteiger partial charge is 0.496 e. The van der Waals surface area contributed by atoms with Crippen LogP contribution in [0.1, 0.15) is 29.9 Å². The van der Waals surface area contributed by atoms with Crippen LogP contribution in [0.15, 0.2) is 42.5 Å². The summed E-state index contributed by atoms with van der Waals surface area (Å²) in [6, 6.07) is 13.4. The molecular weight excluding hydrogens is 328 g/mol. The number of ether oxygens (including phenoxy) is 1. The number of rotatable bonds is 6. The van der Waals surface area contributed by atoms with Crippen LogP contribution >= 0.6 is 0 Å². The van der Waals surface area contributed by atoms with Gasteiger partial charge in [-0.15, -0.1) is 0 Å². The van der Waals surface area contributed by atoms with Crippen molar-refractivity contribution in [3.63, 3.8) is 0 Å². The molecule has 0 saturated heterocycles. The molecular formula is C20H24N4O2. The number of aromatic nitrogens is 2.